The molecule has 0 radical (unpaired) electrons. The van der Waals surface area contributed by atoms with E-state index in [4.69, 9.17) is 0 Å². The summed E-state index contributed by atoms with van der Waals surface area (Å²) in [5.74, 6) is 2.50. The molecule has 4 heterocycles. The van der Waals surface area contributed by atoms with Gasteiger partial charge in [0.2, 0.25) is 0 Å². The van der Waals surface area contributed by atoms with Crippen LogP contribution in [-0.4, -0.2) is 37.6 Å². The summed E-state index contributed by atoms with van der Waals surface area (Å²) < 4.78 is 3.82. The molecule has 4 rings (SSSR count). The van der Waals surface area contributed by atoms with Crippen LogP contribution in [0.3, 0.4) is 0 Å². The third-order valence-electron chi connectivity index (χ3n) is 4.06. The maximum Gasteiger partial charge on any atom is 0.157 e. The maximum atomic E-state index is 4.44. The summed E-state index contributed by atoms with van der Waals surface area (Å²) in [6, 6.07) is 7.96. The highest BCUT2D eigenvalue weighted by Gasteiger charge is 2.17. The van der Waals surface area contributed by atoms with Crippen LogP contribution in [-0.2, 0) is 13.1 Å². The zero-order valence-corrected chi connectivity index (χ0v) is 12.8. The number of aromatic nitrogens is 5. The van der Waals surface area contributed by atoms with Gasteiger partial charge in [0.05, 0.1) is 6.20 Å². The second-order valence-corrected chi connectivity index (χ2v) is 5.71. The SMILES string of the molecule is c1cnc(-n2cccn2)c(CNC[C@@H]2CNc3ccnn3C2)c1. The van der Waals surface area contributed by atoms with E-state index in [1.807, 2.05) is 35.3 Å². The lowest BCUT2D eigenvalue weighted by molar-refractivity contribution is 0.391. The minimum Gasteiger partial charge on any atom is -0.370 e. The molecule has 7 nitrogen and oxygen atoms in total. The monoisotopic (exact) mass is 309 g/mol. The topological polar surface area (TPSA) is 72.6 Å². The number of hydrogen-bond donors (Lipinski definition) is 2. The Labute approximate surface area is 134 Å². The fourth-order valence-corrected chi connectivity index (χ4v) is 2.90. The van der Waals surface area contributed by atoms with Crippen molar-refractivity contribution in [3.05, 3.63) is 54.6 Å². The van der Waals surface area contributed by atoms with E-state index in [2.05, 4.69) is 31.9 Å². The number of rotatable bonds is 5. The molecule has 2 N–H and O–H groups in total. The van der Waals surface area contributed by atoms with Gasteiger partial charge in [-0.2, -0.15) is 10.2 Å². The molecule has 0 fully saturated rings. The van der Waals surface area contributed by atoms with Gasteiger partial charge >= 0.3 is 0 Å². The van der Waals surface area contributed by atoms with Crippen LogP contribution in [0.4, 0.5) is 5.82 Å². The van der Waals surface area contributed by atoms with Crippen LogP contribution < -0.4 is 10.6 Å². The summed E-state index contributed by atoms with van der Waals surface area (Å²) >= 11 is 0. The van der Waals surface area contributed by atoms with E-state index in [1.54, 1.807) is 17.1 Å². The van der Waals surface area contributed by atoms with Crippen LogP contribution in [0.5, 0.6) is 0 Å². The lowest BCUT2D eigenvalue weighted by atomic mass is 10.1. The van der Waals surface area contributed by atoms with Crippen molar-refractivity contribution in [2.24, 2.45) is 5.92 Å². The van der Waals surface area contributed by atoms with E-state index in [9.17, 15) is 0 Å². The molecule has 0 spiro atoms. The van der Waals surface area contributed by atoms with Gasteiger partial charge in [-0.1, -0.05) is 6.07 Å². The third-order valence-corrected chi connectivity index (χ3v) is 4.06. The first-order valence-electron chi connectivity index (χ1n) is 7.80. The maximum absolute atomic E-state index is 4.44. The number of hydrogen-bond acceptors (Lipinski definition) is 5. The summed E-state index contributed by atoms with van der Waals surface area (Å²) in [7, 11) is 0. The van der Waals surface area contributed by atoms with Gasteiger partial charge in [-0.25, -0.2) is 14.3 Å². The average Bonchev–Trinajstić information content (AvgIpc) is 3.26. The normalized spacial score (nSPS) is 16.8. The molecule has 23 heavy (non-hydrogen) atoms. The Kier molecular flexibility index (Phi) is 3.77. The Morgan fingerprint density at radius 1 is 1.17 bits per heavy atom. The van der Waals surface area contributed by atoms with E-state index < -0.39 is 0 Å². The van der Waals surface area contributed by atoms with Crippen LogP contribution in [0, 0.1) is 5.92 Å². The molecule has 0 unspecified atom stereocenters. The van der Waals surface area contributed by atoms with Crippen LogP contribution in [0.2, 0.25) is 0 Å². The zero-order valence-electron chi connectivity index (χ0n) is 12.8. The molecule has 1 atom stereocenters. The van der Waals surface area contributed by atoms with Gasteiger partial charge in [-0.15, -0.1) is 0 Å². The Morgan fingerprint density at radius 2 is 2.17 bits per heavy atom. The van der Waals surface area contributed by atoms with Crippen molar-refractivity contribution in [2.75, 3.05) is 18.4 Å². The zero-order chi connectivity index (χ0) is 15.5. The fraction of sp³-hybridized carbons (Fsp3) is 0.312. The molecule has 1 aliphatic heterocycles. The molecule has 0 bridgehead atoms. The molecule has 0 amide bonds. The van der Waals surface area contributed by atoms with Crippen molar-refractivity contribution in [3.63, 3.8) is 0 Å². The van der Waals surface area contributed by atoms with Crippen LogP contribution in [0.15, 0.2) is 49.1 Å². The molecule has 1 aliphatic rings. The molecule has 7 heteroatoms. The molecule has 3 aromatic heterocycles. The van der Waals surface area contributed by atoms with Crippen LogP contribution >= 0.6 is 0 Å². The van der Waals surface area contributed by atoms with Crippen molar-refractivity contribution >= 4 is 5.82 Å². The molecule has 0 saturated heterocycles. The minimum absolute atomic E-state index is 0.521. The lowest BCUT2D eigenvalue weighted by Gasteiger charge is -2.25. The van der Waals surface area contributed by atoms with Gasteiger partial charge in [-0.05, 0) is 12.1 Å². The largest absolute Gasteiger partial charge is 0.370 e. The fourth-order valence-electron chi connectivity index (χ4n) is 2.90. The summed E-state index contributed by atoms with van der Waals surface area (Å²) in [4.78, 5) is 4.44. The van der Waals surface area contributed by atoms with Crippen molar-refractivity contribution in [3.8, 4) is 5.82 Å². The summed E-state index contributed by atoms with van der Waals surface area (Å²) in [6.07, 6.45) is 7.31. The predicted octanol–water partition coefficient (Wildman–Crippen LogP) is 1.30. The summed E-state index contributed by atoms with van der Waals surface area (Å²) in [6.45, 7) is 3.62. The van der Waals surface area contributed by atoms with E-state index >= 15 is 0 Å². The molecule has 3 aromatic rings. The van der Waals surface area contributed by atoms with Gasteiger partial charge in [-0.3, -0.25) is 0 Å². The second kappa shape index (κ2) is 6.21. The van der Waals surface area contributed by atoms with Gasteiger partial charge < -0.3 is 10.6 Å². The van der Waals surface area contributed by atoms with Crippen LogP contribution in [0.25, 0.3) is 5.82 Å². The van der Waals surface area contributed by atoms with Crippen molar-refractivity contribution in [1.29, 1.82) is 0 Å². The molecule has 0 aromatic carbocycles. The first kappa shape index (κ1) is 14.0. The minimum atomic E-state index is 0.521. The van der Waals surface area contributed by atoms with Crippen molar-refractivity contribution < 1.29 is 0 Å². The average molecular weight is 309 g/mol. The molecular formula is C16H19N7. The lowest BCUT2D eigenvalue weighted by Crippen LogP contribution is -2.35. The number of nitrogens with one attached hydrogen (secondary N) is 2. The Morgan fingerprint density at radius 3 is 3.09 bits per heavy atom. The highest BCUT2D eigenvalue weighted by Crippen LogP contribution is 2.16. The van der Waals surface area contributed by atoms with Crippen molar-refractivity contribution in [2.45, 2.75) is 13.1 Å². The first-order valence-corrected chi connectivity index (χ1v) is 7.80. The Bertz CT molecular complexity index is 762. The number of anilines is 1. The smallest absolute Gasteiger partial charge is 0.157 e. The predicted molar refractivity (Wildman–Crippen MR) is 87.3 cm³/mol. The van der Waals surface area contributed by atoms with E-state index in [0.717, 1.165) is 43.4 Å². The first-order chi connectivity index (χ1) is 11.4. The van der Waals surface area contributed by atoms with Gasteiger partial charge in [0.25, 0.3) is 0 Å². The van der Waals surface area contributed by atoms with E-state index in [1.165, 1.54) is 0 Å². The summed E-state index contributed by atoms with van der Waals surface area (Å²) in [5.41, 5.74) is 1.14. The second-order valence-electron chi connectivity index (χ2n) is 5.71. The Balaban J connectivity index is 1.37. The standard InChI is InChI=1S/C16H19N7/c1-3-14(16(18-5-1)22-8-2-6-20-22)11-17-9-13-10-19-15-4-7-21-23(15)12-13/h1-8,13,17,19H,9-12H2/t13-/m1/s1. The number of pyridine rings is 1. The highest BCUT2D eigenvalue weighted by atomic mass is 15.3. The Hall–Kier alpha value is -2.67. The van der Waals surface area contributed by atoms with Gasteiger partial charge in [0.15, 0.2) is 5.82 Å². The quantitative estimate of drug-likeness (QED) is 0.743. The molecule has 118 valence electrons. The van der Waals surface area contributed by atoms with Crippen molar-refractivity contribution in [1.82, 2.24) is 29.9 Å². The molecular weight excluding hydrogens is 290 g/mol. The number of nitrogens with zero attached hydrogens (tertiary/aromatic N) is 5. The van der Waals surface area contributed by atoms with E-state index in [0.29, 0.717) is 5.92 Å². The highest BCUT2D eigenvalue weighted by molar-refractivity contribution is 5.35. The number of fused-ring (bicyclic) bond motifs is 1. The van der Waals surface area contributed by atoms with Gasteiger partial charge in [0.1, 0.15) is 5.82 Å². The third kappa shape index (κ3) is 2.95. The van der Waals surface area contributed by atoms with Gasteiger partial charge in [0, 0.05) is 62.3 Å². The molecule has 0 aliphatic carbocycles. The molecule has 0 saturated carbocycles. The summed E-state index contributed by atoms with van der Waals surface area (Å²) in [5, 5.41) is 15.5. The van der Waals surface area contributed by atoms with Crippen LogP contribution in [0.1, 0.15) is 5.56 Å². The van der Waals surface area contributed by atoms with E-state index in [-0.39, 0.29) is 0 Å².